The van der Waals surface area contributed by atoms with E-state index >= 15 is 0 Å². The summed E-state index contributed by atoms with van der Waals surface area (Å²) in [5.74, 6) is 0.185. The molecule has 1 aliphatic heterocycles. The van der Waals surface area contributed by atoms with Gasteiger partial charge < -0.3 is 10.1 Å². The van der Waals surface area contributed by atoms with Gasteiger partial charge in [0.2, 0.25) is 0 Å². The summed E-state index contributed by atoms with van der Waals surface area (Å²) < 4.78 is 55.5. The van der Waals surface area contributed by atoms with Crippen LogP contribution in [0.15, 0.2) is 53.4 Å². The Kier molecular flexibility index (Phi) is 5.60. The van der Waals surface area contributed by atoms with Crippen LogP contribution in [0.3, 0.4) is 0 Å². The van der Waals surface area contributed by atoms with Crippen LogP contribution in [0.2, 0.25) is 0 Å². The molecule has 2 aromatic carbocycles. The highest BCUT2D eigenvalue weighted by atomic mass is 32.2. The smallest absolute Gasteiger partial charge is 0.183 e. The Labute approximate surface area is 160 Å². The number of sulfone groups is 2. The minimum Gasteiger partial charge on any atom is -0.497 e. The third-order valence-corrected chi connectivity index (χ3v) is 8.94. The first-order valence-corrected chi connectivity index (χ1v) is 12.0. The van der Waals surface area contributed by atoms with Crippen molar-refractivity contribution in [1.29, 1.82) is 0 Å². The number of nitrogens with one attached hydrogen (secondary N) is 1. The number of rotatable bonds is 6. The van der Waals surface area contributed by atoms with Crippen molar-refractivity contribution in [2.24, 2.45) is 0 Å². The van der Waals surface area contributed by atoms with Crippen LogP contribution in [0.4, 0.5) is 0 Å². The predicted octanol–water partition coefficient (Wildman–Crippen LogP) is 1.73. The summed E-state index contributed by atoms with van der Waals surface area (Å²) in [5.41, 5.74) is 1.87. The van der Waals surface area contributed by atoms with E-state index in [2.05, 4.69) is 5.32 Å². The lowest BCUT2D eigenvalue weighted by Gasteiger charge is -2.20. The molecule has 1 heterocycles. The van der Waals surface area contributed by atoms with Crippen LogP contribution < -0.4 is 10.1 Å². The molecule has 1 N–H and O–H groups in total. The Bertz CT molecular complexity index is 997. The fraction of sp³-hybridized carbons (Fsp3) is 0.368. The van der Waals surface area contributed by atoms with Crippen LogP contribution in [0.1, 0.15) is 11.1 Å². The van der Waals surface area contributed by atoms with Crippen LogP contribution in [0.25, 0.3) is 0 Å². The van der Waals surface area contributed by atoms with Crippen LogP contribution in [-0.2, 0) is 26.2 Å². The van der Waals surface area contributed by atoms with Crippen LogP contribution >= 0.6 is 0 Å². The van der Waals surface area contributed by atoms with E-state index in [0.717, 1.165) is 16.9 Å². The predicted molar refractivity (Wildman–Crippen MR) is 104 cm³/mol. The molecule has 146 valence electrons. The SMILES string of the molecule is COc1ccc(CNC2CS(=O)(=O)CC2S(=O)(=O)c2ccc(C)cc2)cc1. The van der Waals surface area contributed by atoms with Gasteiger partial charge in [0.1, 0.15) is 5.75 Å². The Balaban J connectivity index is 1.81. The molecule has 1 fully saturated rings. The molecular weight excluding hydrogens is 386 g/mol. The Morgan fingerprint density at radius 1 is 1.04 bits per heavy atom. The normalized spacial score (nSPS) is 21.9. The summed E-state index contributed by atoms with van der Waals surface area (Å²) in [6.45, 7) is 2.25. The fourth-order valence-corrected chi connectivity index (χ4v) is 7.92. The van der Waals surface area contributed by atoms with Gasteiger partial charge in [0.05, 0.1) is 28.8 Å². The summed E-state index contributed by atoms with van der Waals surface area (Å²) in [4.78, 5) is 0.159. The first-order chi connectivity index (χ1) is 12.7. The second kappa shape index (κ2) is 7.61. The molecule has 0 aromatic heterocycles. The van der Waals surface area contributed by atoms with E-state index in [0.29, 0.717) is 6.54 Å². The van der Waals surface area contributed by atoms with Gasteiger partial charge in [-0.25, -0.2) is 16.8 Å². The van der Waals surface area contributed by atoms with E-state index in [4.69, 9.17) is 4.74 Å². The van der Waals surface area contributed by atoms with E-state index in [1.165, 1.54) is 12.1 Å². The zero-order chi connectivity index (χ0) is 19.7. The third kappa shape index (κ3) is 4.51. The minimum absolute atomic E-state index is 0.159. The molecule has 27 heavy (non-hydrogen) atoms. The lowest BCUT2D eigenvalue weighted by Crippen LogP contribution is -2.43. The summed E-state index contributed by atoms with van der Waals surface area (Å²) in [7, 11) is -5.59. The van der Waals surface area contributed by atoms with E-state index in [1.807, 2.05) is 31.2 Å². The molecule has 0 saturated carbocycles. The van der Waals surface area contributed by atoms with Gasteiger partial charge in [-0.05, 0) is 36.8 Å². The molecule has 8 heteroatoms. The molecule has 2 unspecified atom stereocenters. The molecule has 0 radical (unpaired) electrons. The zero-order valence-electron chi connectivity index (χ0n) is 15.3. The van der Waals surface area contributed by atoms with Crippen molar-refractivity contribution >= 4 is 19.7 Å². The maximum Gasteiger partial charge on any atom is 0.183 e. The Morgan fingerprint density at radius 3 is 2.26 bits per heavy atom. The minimum atomic E-state index is -3.75. The lowest BCUT2D eigenvalue weighted by molar-refractivity contribution is 0.414. The van der Waals surface area contributed by atoms with E-state index in [9.17, 15) is 16.8 Å². The third-order valence-electron chi connectivity index (χ3n) is 4.78. The number of hydrogen-bond donors (Lipinski definition) is 1. The maximum absolute atomic E-state index is 13.0. The molecule has 0 aliphatic carbocycles. The molecule has 6 nitrogen and oxygen atoms in total. The van der Waals surface area contributed by atoms with Crippen LogP contribution in [0, 0.1) is 6.92 Å². The van der Waals surface area contributed by atoms with Gasteiger partial charge >= 0.3 is 0 Å². The van der Waals surface area contributed by atoms with Gasteiger partial charge in [0.15, 0.2) is 19.7 Å². The molecule has 2 atom stereocenters. The highest BCUT2D eigenvalue weighted by Crippen LogP contribution is 2.26. The van der Waals surface area contributed by atoms with E-state index < -0.39 is 31.0 Å². The fourth-order valence-electron chi connectivity index (χ4n) is 3.21. The summed E-state index contributed by atoms with van der Waals surface area (Å²) in [5, 5.41) is 2.13. The number of hydrogen-bond acceptors (Lipinski definition) is 6. The van der Waals surface area contributed by atoms with Crippen molar-refractivity contribution < 1.29 is 21.6 Å². The summed E-state index contributed by atoms with van der Waals surface area (Å²) in [6, 6.07) is 13.2. The molecule has 0 spiro atoms. The van der Waals surface area contributed by atoms with Crippen LogP contribution in [-0.4, -0.2) is 46.7 Å². The quantitative estimate of drug-likeness (QED) is 0.782. The number of ether oxygens (including phenoxy) is 1. The first kappa shape index (κ1) is 19.9. The summed E-state index contributed by atoms with van der Waals surface area (Å²) in [6.07, 6.45) is 0. The van der Waals surface area contributed by atoms with Crippen molar-refractivity contribution in [2.45, 2.75) is 29.7 Å². The standard InChI is InChI=1S/C19H23NO5S2/c1-14-3-9-17(10-4-14)27(23,24)19-13-26(21,22)12-18(19)20-11-15-5-7-16(25-2)8-6-15/h3-10,18-20H,11-13H2,1-2H3. The number of methoxy groups -OCH3 is 1. The molecule has 1 saturated heterocycles. The summed E-state index contributed by atoms with van der Waals surface area (Å²) >= 11 is 0. The Hall–Kier alpha value is -1.90. The monoisotopic (exact) mass is 409 g/mol. The largest absolute Gasteiger partial charge is 0.497 e. The zero-order valence-corrected chi connectivity index (χ0v) is 16.9. The van der Waals surface area contributed by atoms with Crippen molar-refractivity contribution in [2.75, 3.05) is 18.6 Å². The van der Waals surface area contributed by atoms with Crippen molar-refractivity contribution in [3.63, 3.8) is 0 Å². The van der Waals surface area contributed by atoms with Gasteiger partial charge in [-0.1, -0.05) is 29.8 Å². The number of aryl methyl sites for hydroxylation is 1. The van der Waals surface area contributed by atoms with Gasteiger partial charge in [-0.3, -0.25) is 0 Å². The average Bonchev–Trinajstić information content (AvgIpc) is 2.96. The maximum atomic E-state index is 13.0. The van der Waals surface area contributed by atoms with E-state index in [-0.39, 0.29) is 16.4 Å². The van der Waals surface area contributed by atoms with Crippen LogP contribution in [0.5, 0.6) is 5.75 Å². The molecule has 0 amide bonds. The molecular formula is C19H23NO5S2. The molecule has 1 aliphatic rings. The lowest BCUT2D eigenvalue weighted by atomic mass is 10.2. The van der Waals surface area contributed by atoms with Crippen molar-refractivity contribution in [3.8, 4) is 5.75 Å². The molecule has 3 rings (SSSR count). The van der Waals surface area contributed by atoms with Gasteiger partial charge in [0, 0.05) is 12.6 Å². The second-order valence-corrected chi connectivity index (χ2v) is 11.1. The van der Waals surface area contributed by atoms with E-state index in [1.54, 1.807) is 19.2 Å². The first-order valence-electron chi connectivity index (χ1n) is 8.58. The average molecular weight is 410 g/mol. The highest BCUT2D eigenvalue weighted by Gasteiger charge is 2.45. The van der Waals surface area contributed by atoms with Gasteiger partial charge in [0.25, 0.3) is 0 Å². The Morgan fingerprint density at radius 2 is 1.67 bits per heavy atom. The van der Waals surface area contributed by atoms with Gasteiger partial charge in [-0.15, -0.1) is 0 Å². The second-order valence-electron chi connectivity index (χ2n) is 6.81. The highest BCUT2D eigenvalue weighted by molar-refractivity contribution is 7.96. The van der Waals surface area contributed by atoms with Crippen molar-refractivity contribution in [3.05, 3.63) is 59.7 Å². The number of benzene rings is 2. The molecule has 0 bridgehead atoms. The topological polar surface area (TPSA) is 89.5 Å². The van der Waals surface area contributed by atoms with Crippen molar-refractivity contribution in [1.82, 2.24) is 5.32 Å². The molecule has 2 aromatic rings. The van der Waals surface area contributed by atoms with Gasteiger partial charge in [-0.2, -0.15) is 0 Å².